The second-order valence-electron chi connectivity index (χ2n) is 6.72. The van der Waals surface area contributed by atoms with Crippen molar-refractivity contribution in [1.82, 2.24) is 5.43 Å². The molecule has 0 amide bonds. The molecule has 0 aromatic heterocycles. The summed E-state index contributed by atoms with van der Waals surface area (Å²) in [6.07, 6.45) is 7.03. The summed E-state index contributed by atoms with van der Waals surface area (Å²) < 4.78 is 13.4. The van der Waals surface area contributed by atoms with Crippen LogP contribution in [0.2, 0.25) is 0 Å². The van der Waals surface area contributed by atoms with E-state index in [9.17, 15) is 4.39 Å². The van der Waals surface area contributed by atoms with Crippen LogP contribution in [0.5, 0.6) is 0 Å². The lowest BCUT2D eigenvalue weighted by molar-refractivity contribution is 0.154. The Morgan fingerprint density at radius 3 is 2.55 bits per heavy atom. The van der Waals surface area contributed by atoms with Crippen LogP contribution < -0.4 is 11.3 Å². The molecular formula is C17H27FN2. The number of halogens is 1. The second-order valence-corrected chi connectivity index (χ2v) is 6.72. The summed E-state index contributed by atoms with van der Waals surface area (Å²) in [7, 11) is 0. The molecule has 1 aromatic carbocycles. The van der Waals surface area contributed by atoms with Gasteiger partial charge in [0.25, 0.3) is 0 Å². The molecule has 2 rings (SSSR count). The van der Waals surface area contributed by atoms with Crippen molar-refractivity contribution in [2.45, 2.75) is 58.4 Å². The highest BCUT2D eigenvalue weighted by Gasteiger charge is 2.41. The van der Waals surface area contributed by atoms with Crippen LogP contribution in [-0.4, -0.2) is 6.04 Å². The van der Waals surface area contributed by atoms with E-state index in [0.717, 1.165) is 12.0 Å². The third kappa shape index (κ3) is 3.58. The van der Waals surface area contributed by atoms with Gasteiger partial charge in [0, 0.05) is 6.04 Å². The smallest absolute Gasteiger partial charge is 0.123 e. The molecule has 1 fully saturated rings. The largest absolute Gasteiger partial charge is 0.271 e. The van der Waals surface area contributed by atoms with Crippen molar-refractivity contribution in [1.29, 1.82) is 0 Å². The van der Waals surface area contributed by atoms with Crippen LogP contribution in [-0.2, 0) is 6.42 Å². The Labute approximate surface area is 121 Å². The first-order valence-corrected chi connectivity index (χ1v) is 7.76. The molecule has 3 heteroatoms. The average Bonchev–Trinajstić information content (AvgIpc) is 2.84. The van der Waals surface area contributed by atoms with Crippen molar-refractivity contribution in [3.63, 3.8) is 0 Å². The van der Waals surface area contributed by atoms with Gasteiger partial charge >= 0.3 is 0 Å². The molecule has 1 unspecified atom stereocenters. The van der Waals surface area contributed by atoms with Crippen LogP contribution in [0.25, 0.3) is 0 Å². The fraction of sp³-hybridized carbons (Fsp3) is 0.647. The Morgan fingerprint density at radius 1 is 1.30 bits per heavy atom. The minimum absolute atomic E-state index is 0.164. The summed E-state index contributed by atoms with van der Waals surface area (Å²) in [6, 6.07) is 7.12. The fourth-order valence-corrected chi connectivity index (χ4v) is 3.94. The number of nitrogens with one attached hydrogen (secondary N) is 1. The van der Waals surface area contributed by atoms with Gasteiger partial charge in [-0.15, -0.1) is 0 Å². The quantitative estimate of drug-likeness (QED) is 0.613. The van der Waals surface area contributed by atoms with Gasteiger partial charge in [-0.3, -0.25) is 11.3 Å². The molecule has 1 atom stereocenters. The highest BCUT2D eigenvalue weighted by Crippen LogP contribution is 2.46. The molecule has 1 aromatic rings. The van der Waals surface area contributed by atoms with Gasteiger partial charge in [0.05, 0.1) is 0 Å². The summed E-state index contributed by atoms with van der Waals surface area (Å²) in [5.74, 6) is 6.35. The van der Waals surface area contributed by atoms with Gasteiger partial charge in [-0.1, -0.05) is 38.8 Å². The Kier molecular flexibility index (Phi) is 5.17. The van der Waals surface area contributed by atoms with Gasteiger partial charge in [0.2, 0.25) is 0 Å². The van der Waals surface area contributed by atoms with E-state index in [2.05, 4.69) is 19.3 Å². The third-order valence-electron chi connectivity index (χ3n) is 4.68. The van der Waals surface area contributed by atoms with Crippen LogP contribution in [0.4, 0.5) is 4.39 Å². The molecule has 0 aliphatic heterocycles. The van der Waals surface area contributed by atoms with E-state index in [4.69, 9.17) is 5.84 Å². The van der Waals surface area contributed by atoms with Gasteiger partial charge in [-0.25, -0.2) is 4.39 Å². The molecule has 112 valence electrons. The molecule has 0 heterocycles. The molecule has 1 aliphatic rings. The minimum Gasteiger partial charge on any atom is -0.271 e. The lowest BCUT2D eigenvalue weighted by Crippen LogP contribution is -2.49. The number of hydrogen-bond acceptors (Lipinski definition) is 2. The Balaban J connectivity index is 2.16. The first-order valence-electron chi connectivity index (χ1n) is 7.76. The van der Waals surface area contributed by atoms with Crippen molar-refractivity contribution in [2.24, 2.45) is 17.2 Å². The van der Waals surface area contributed by atoms with E-state index in [1.807, 2.05) is 6.07 Å². The lowest BCUT2D eigenvalue weighted by Gasteiger charge is -2.39. The summed E-state index contributed by atoms with van der Waals surface area (Å²) >= 11 is 0. The maximum Gasteiger partial charge on any atom is 0.123 e. The maximum absolute atomic E-state index is 13.4. The molecule has 0 spiro atoms. The van der Waals surface area contributed by atoms with Crippen molar-refractivity contribution >= 4 is 0 Å². The Morgan fingerprint density at radius 2 is 2.00 bits per heavy atom. The van der Waals surface area contributed by atoms with Crippen LogP contribution in [0.1, 0.15) is 51.5 Å². The van der Waals surface area contributed by atoms with Gasteiger partial charge in [0.15, 0.2) is 0 Å². The van der Waals surface area contributed by atoms with Crippen LogP contribution >= 0.6 is 0 Å². The van der Waals surface area contributed by atoms with Crippen molar-refractivity contribution in [3.05, 3.63) is 35.6 Å². The number of hydrogen-bond donors (Lipinski definition) is 2. The summed E-state index contributed by atoms with van der Waals surface area (Å²) in [5, 5.41) is 0. The zero-order valence-corrected chi connectivity index (χ0v) is 12.7. The predicted molar refractivity (Wildman–Crippen MR) is 81.6 cm³/mol. The first kappa shape index (κ1) is 15.5. The predicted octanol–water partition coefficient (Wildman–Crippen LogP) is 3.81. The van der Waals surface area contributed by atoms with E-state index in [1.165, 1.54) is 38.2 Å². The summed E-state index contributed by atoms with van der Waals surface area (Å²) in [5.41, 5.74) is 4.34. The van der Waals surface area contributed by atoms with Crippen LogP contribution in [0, 0.1) is 17.2 Å². The van der Waals surface area contributed by atoms with Gasteiger partial charge in [0.1, 0.15) is 5.82 Å². The molecule has 20 heavy (non-hydrogen) atoms. The standard InChI is InChI=1S/C17H27FN2/c1-13(2)12-17(8-3-4-9-17)16(20-19)11-14-6-5-7-15(18)10-14/h5-7,10,13,16,20H,3-4,8-9,11-12,19H2,1-2H3. The van der Waals surface area contributed by atoms with E-state index in [1.54, 1.807) is 12.1 Å². The van der Waals surface area contributed by atoms with Crippen LogP contribution in [0.3, 0.4) is 0 Å². The molecule has 1 saturated carbocycles. The highest BCUT2D eigenvalue weighted by molar-refractivity contribution is 5.18. The second kappa shape index (κ2) is 6.68. The van der Waals surface area contributed by atoms with Crippen molar-refractivity contribution in [3.8, 4) is 0 Å². The average molecular weight is 278 g/mol. The van der Waals surface area contributed by atoms with Gasteiger partial charge in [-0.2, -0.15) is 0 Å². The third-order valence-corrected chi connectivity index (χ3v) is 4.68. The SMILES string of the molecule is CC(C)CC1(C(Cc2cccc(F)c2)NN)CCCC1. The number of nitrogens with two attached hydrogens (primary N) is 1. The summed E-state index contributed by atoms with van der Waals surface area (Å²) in [6.45, 7) is 4.55. The molecular weight excluding hydrogens is 251 g/mol. The monoisotopic (exact) mass is 278 g/mol. The maximum atomic E-state index is 13.4. The van der Waals surface area contributed by atoms with E-state index in [0.29, 0.717) is 5.92 Å². The Bertz CT molecular complexity index is 425. The molecule has 0 radical (unpaired) electrons. The van der Waals surface area contributed by atoms with E-state index in [-0.39, 0.29) is 17.3 Å². The highest BCUT2D eigenvalue weighted by atomic mass is 19.1. The van der Waals surface area contributed by atoms with Gasteiger partial charge < -0.3 is 0 Å². The lowest BCUT2D eigenvalue weighted by atomic mass is 9.71. The first-order chi connectivity index (χ1) is 9.55. The molecule has 1 aliphatic carbocycles. The normalized spacial score (nSPS) is 19.4. The number of hydrazine groups is 1. The van der Waals surface area contributed by atoms with Crippen molar-refractivity contribution in [2.75, 3.05) is 0 Å². The summed E-state index contributed by atoms with van der Waals surface area (Å²) in [4.78, 5) is 0. The van der Waals surface area contributed by atoms with Crippen LogP contribution in [0.15, 0.2) is 24.3 Å². The molecule has 0 bridgehead atoms. The molecule has 0 saturated heterocycles. The van der Waals surface area contributed by atoms with Crippen molar-refractivity contribution < 1.29 is 4.39 Å². The minimum atomic E-state index is -0.164. The van der Waals surface area contributed by atoms with E-state index >= 15 is 0 Å². The fourth-order valence-electron chi connectivity index (χ4n) is 3.94. The Hall–Kier alpha value is -0.930. The zero-order chi connectivity index (χ0) is 14.6. The molecule has 3 N–H and O–H groups in total. The van der Waals surface area contributed by atoms with E-state index < -0.39 is 0 Å². The number of rotatable bonds is 6. The topological polar surface area (TPSA) is 38.0 Å². The van der Waals surface area contributed by atoms with Gasteiger partial charge in [-0.05, 0) is 54.7 Å². The molecule has 2 nitrogen and oxygen atoms in total. The number of benzene rings is 1. The zero-order valence-electron chi connectivity index (χ0n) is 12.7.